The predicted molar refractivity (Wildman–Crippen MR) is 74.5 cm³/mol. The molecule has 0 N–H and O–H groups in total. The minimum Gasteiger partial charge on any atom is -0.569 e. The van der Waals surface area contributed by atoms with E-state index in [-0.39, 0.29) is 6.61 Å². The third kappa shape index (κ3) is 4.65. The van der Waals surface area contributed by atoms with E-state index >= 15 is 0 Å². The van der Waals surface area contributed by atoms with E-state index in [9.17, 15) is 5.21 Å². The maximum absolute atomic E-state index is 11.5. The Labute approximate surface area is 114 Å². The molecule has 1 aromatic carbocycles. The zero-order chi connectivity index (χ0) is 14.3. The Morgan fingerprint density at radius 3 is 2.53 bits per heavy atom. The van der Waals surface area contributed by atoms with Crippen LogP contribution in [0.15, 0.2) is 29.5 Å². The average molecular weight is 266 g/mol. The zero-order valence-corrected chi connectivity index (χ0v) is 12.0. The van der Waals surface area contributed by atoms with Gasteiger partial charge in [-0.25, -0.2) is 0 Å². The molecule has 0 aliphatic heterocycles. The van der Waals surface area contributed by atoms with Crippen molar-refractivity contribution in [3.05, 3.63) is 35.0 Å². The molecule has 0 bridgehead atoms. The molecule has 0 aliphatic carbocycles. The average Bonchev–Trinajstić information content (AvgIpc) is 2.40. The number of nitrogens with zero attached hydrogens (tertiary/aromatic N) is 4. The highest BCUT2D eigenvalue weighted by Gasteiger charge is 2.06. The van der Waals surface area contributed by atoms with Crippen LogP contribution in [0.3, 0.4) is 0 Å². The number of benzene rings is 1. The molecule has 106 valence electrons. The van der Waals surface area contributed by atoms with Gasteiger partial charge >= 0.3 is 0 Å². The minimum absolute atomic E-state index is 0.279. The van der Waals surface area contributed by atoms with E-state index in [1.165, 1.54) is 5.01 Å². The molecule has 0 unspecified atom stereocenters. The van der Waals surface area contributed by atoms with Gasteiger partial charge in [0.05, 0.1) is 18.1 Å². The van der Waals surface area contributed by atoms with Crippen LogP contribution in [0.25, 0.3) is 0 Å². The smallest absolute Gasteiger partial charge is 0.233 e. The number of rotatable bonds is 7. The molecule has 0 saturated heterocycles. The van der Waals surface area contributed by atoms with Gasteiger partial charge in [0.25, 0.3) is 0 Å². The van der Waals surface area contributed by atoms with Crippen LogP contribution >= 0.6 is 0 Å². The molecular formula is C13H22N4O2. The van der Waals surface area contributed by atoms with Crippen molar-refractivity contribution in [2.45, 2.75) is 20.5 Å². The number of anilines is 1. The zero-order valence-electron chi connectivity index (χ0n) is 12.0. The van der Waals surface area contributed by atoms with E-state index in [0.29, 0.717) is 18.1 Å². The van der Waals surface area contributed by atoms with Crippen molar-refractivity contribution in [2.24, 2.45) is 5.28 Å². The van der Waals surface area contributed by atoms with Crippen LogP contribution in [-0.2, 0) is 11.4 Å². The van der Waals surface area contributed by atoms with Crippen molar-refractivity contribution < 1.29 is 9.81 Å². The van der Waals surface area contributed by atoms with Crippen molar-refractivity contribution in [3.8, 4) is 0 Å². The Morgan fingerprint density at radius 2 is 1.95 bits per heavy atom. The normalized spacial score (nSPS) is 11.3. The lowest BCUT2D eigenvalue weighted by Crippen LogP contribution is -2.30. The minimum atomic E-state index is 0.279. The van der Waals surface area contributed by atoms with E-state index in [1.807, 2.05) is 57.1 Å². The molecule has 1 rings (SSSR count). The molecule has 0 aromatic heterocycles. The molecule has 0 spiro atoms. The lowest BCUT2D eigenvalue weighted by atomic mass is 10.2. The van der Waals surface area contributed by atoms with Crippen LogP contribution in [0.1, 0.15) is 19.4 Å². The van der Waals surface area contributed by atoms with E-state index in [1.54, 1.807) is 0 Å². The molecule has 0 radical (unpaired) electrons. The summed E-state index contributed by atoms with van der Waals surface area (Å²) in [6.45, 7) is 5.27. The van der Waals surface area contributed by atoms with Gasteiger partial charge < -0.3 is 14.9 Å². The second-order valence-electron chi connectivity index (χ2n) is 4.31. The fourth-order valence-electron chi connectivity index (χ4n) is 1.59. The topological polar surface area (TPSA) is 54.1 Å². The van der Waals surface area contributed by atoms with Gasteiger partial charge in [0.2, 0.25) is 5.28 Å². The summed E-state index contributed by atoms with van der Waals surface area (Å²) in [7, 11) is 3.95. The van der Waals surface area contributed by atoms with E-state index in [2.05, 4.69) is 5.28 Å². The summed E-state index contributed by atoms with van der Waals surface area (Å²) in [5, 5.41) is 16.6. The summed E-state index contributed by atoms with van der Waals surface area (Å²) in [5.74, 6) is 0. The Hall–Kier alpha value is -1.98. The van der Waals surface area contributed by atoms with Gasteiger partial charge in [0, 0.05) is 19.8 Å². The van der Waals surface area contributed by atoms with Crippen molar-refractivity contribution >= 4 is 5.69 Å². The summed E-state index contributed by atoms with van der Waals surface area (Å²) >= 11 is 0. The van der Waals surface area contributed by atoms with Crippen LogP contribution < -0.4 is 4.90 Å². The molecular weight excluding hydrogens is 244 g/mol. The Kier molecular flexibility index (Phi) is 5.92. The van der Waals surface area contributed by atoms with Gasteiger partial charge in [0.15, 0.2) is 0 Å². The molecule has 19 heavy (non-hydrogen) atoms. The van der Waals surface area contributed by atoms with Gasteiger partial charge in [-0.15, -0.1) is 5.01 Å². The summed E-state index contributed by atoms with van der Waals surface area (Å²) < 4.78 is 0. The fourth-order valence-corrected chi connectivity index (χ4v) is 1.59. The molecule has 0 amide bonds. The Balaban J connectivity index is 2.57. The number of hydrogen-bond acceptors (Lipinski definition) is 4. The lowest BCUT2D eigenvalue weighted by molar-refractivity contribution is -0.710. The van der Waals surface area contributed by atoms with Crippen LogP contribution in [0.2, 0.25) is 0 Å². The first-order chi connectivity index (χ1) is 9.08. The molecule has 0 atom stereocenters. The third-order valence-corrected chi connectivity index (χ3v) is 2.76. The summed E-state index contributed by atoms with van der Waals surface area (Å²) in [5.41, 5.74) is 2.06. The Morgan fingerprint density at radius 1 is 1.26 bits per heavy atom. The lowest BCUT2D eigenvalue weighted by Gasteiger charge is -2.14. The molecule has 1 aromatic rings. The van der Waals surface area contributed by atoms with Crippen molar-refractivity contribution in [2.75, 3.05) is 32.1 Å². The van der Waals surface area contributed by atoms with Crippen LogP contribution in [0, 0.1) is 5.21 Å². The molecule has 0 aliphatic rings. The van der Waals surface area contributed by atoms with Gasteiger partial charge in [-0.1, -0.05) is 12.1 Å². The van der Waals surface area contributed by atoms with Crippen molar-refractivity contribution in [3.63, 3.8) is 0 Å². The Bertz CT molecular complexity index is 417. The third-order valence-electron chi connectivity index (χ3n) is 2.76. The van der Waals surface area contributed by atoms with Crippen molar-refractivity contribution in [1.82, 2.24) is 5.01 Å². The summed E-state index contributed by atoms with van der Waals surface area (Å²) in [6.07, 6.45) is 0. The second-order valence-corrected chi connectivity index (χ2v) is 4.31. The largest absolute Gasteiger partial charge is 0.569 e. The second kappa shape index (κ2) is 7.45. The summed E-state index contributed by atoms with van der Waals surface area (Å²) in [6, 6.07) is 7.90. The van der Waals surface area contributed by atoms with Crippen LogP contribution in [-0.4, -0.2) is 37.2 Å². The number of hydrogen-bond donors (Lipinski definition) is 0. The first kappa shape index (κ1) is 15.1. The van der Waals surface area contributed by atoms with Gasteiger partial charge in [-0.05, 0) is 31.5 Å². The fraction of sp³-hybridized carbons (Fsp3) is 0.538. The van der Waals surface area contributed by atoms with Gasteiger partial charge in [0.1, 0.15) is 6.61 Å². The molecule has 0 heterocycles. The standard InChI is InChI=1S/C13H22N4O2/c1-5-16(6-2)17(18)14-19-11-12-8-7-9-13(10-12)15(3)4/h7-10H,5-6,11H2,1-4H3/b17-14-. The first-order valence-corrected chi connectivity index (χ1v) is 6.39. The highest BCUT2D eigenvalue weighted by molar-refractivity contribution is 5.46. The quantitative estimate of drug-likeness (QED) is 0.432. The number of hydrazine groups is 1. The van der Waals surface area contributed by atoms with E-state index in [4.69, 9.17) is 4.84 Å². The first-order valence-electron chi connectivity index (χ1n) is 6.39. The highest BCUT2D eigenvalue weighted by Crippen LogP contribution is 2.14. The predicted octanol–water partition coefficient (Wildman–Crippen LogP) is 2.40. The molecule has 6 nitrogen and oxygen atoms in total. The van der Waals surface area contributed by atoms with Crippen LogP contribution in [0.4, 0.5) is 5.69 Å². The monoisotopic (exact) mass is 266 g/mol. The van der Waals surface area contributed by atoms with Gasteiger partial charge in [-0.3, -0.25) is 0 Å². The molecule has 0 fully saturated rings. The van der Waals surface area contributed by atoms with Gasteiger partial charge in [-0.2, -0.15) is 0 Å². The van der Waals surface area contributed by atoms with Crippen LogP contribution in [0.5, 0.6) is 0 Å². The van der Waals surface area contributed by atoms with Crippen molar-refractivity contribution in [1.29, 1.82) is 0 Å². The molecule has 6 heteroatoms. The molecule has 0 saturated carbocycles. The SMILES string of the molecule is CCN(CC)/[N+]([O-])=N/OCc1cccc(N(C)C)c1. The van der Waals surface area contributed by atoms with E-state index < -0.39 is 0 Å². The summed E-state index contributed by atoms with van der Waals surface area (Å²) in [4.78, 5) is 7.59. The maximum atomic E-state index is 11.5. The maximum Gasteiger partial charge on any atom is 0.233 e. The highest BCUT2D eigenvalue weighted by atomic mass is 16.7. The van der Waals surface area contributed by atoms with E-state index in [0.717, 1.165) is 11.3 Å².